The number of ether oxygens (including phenoxy) is 1. The molecule has 0 aliphatic heterocycles. The number of carbonyl (C=O) groups is 1. The lowest BCUT2D eigenvalue weighted by molar-refractivity contribution is 0.0524. The van der Waals surface area contributed by atoms with Crippen LogP contribution in [0, 0.1) is 6.92 Å². The molecule has 0 aromatic carbocycles. The molecule has 0 atom stereocenters. The van der Waals surface area contributed by atoms with Crippen LogP contribution in [0.5, 0.6) is 0 Å². The van der Waals surface area contributed by atoms with Gasteiger partial charge in [0.05, 0.1) is 12.1 Å². The van der Waals surface area contributed by atoms with Crippen molar-refractivity contribution in [1.29, 1.82) is 0 Å². The smallest absolute Gasteiger partial charge is 0.360 e. The first-order chi connectivity index (χ1) is 7.24. The molecule has 0 unspecified atom stereocenters. The van der Waals surface area contributed by atoms with Crippen molar-refractivity contribution in [3.63, 3.8) is 0 Å². The number of fused-ring (bicyclic) bond motifs is 1. The quantitative estimate of drug-likeness (QED) is 0.730. The first-order valence-corrected chi connectivity index (χ1v) is 5.74. The number of hydrogen-bond donors (Lipinski definition) is 0. The van der Waals surface area contributed by atoms with Gasteiger partial charge in [-0.2, -0.15) is 0 Å². The first-order valence-electron chi connectivity index (χ1n) is 4.85. The Kier molecular flexibility index (Phi) is 2.74. The summed E-state index contributed by atoms with van der Waals surface area (Å²) in [6.45, 7) is 4.26. The topological polar surface area (TPSA) is 30.7 Å². The third-order valence-electron chi connectivity index (χ3n) is 2.19. The van der Waals surface area contributed by atoms with Crippen molar-refractivity contribution in [2.75, 3.05) is 6.61 Å². The second-order valence-electron chi connectivity index (χ2n) is 3.20. The summed E-state index contributed by atoms with van der Waals surface area (Å²) in [4.78, 5) is 11.7. The molecule has 2 rings (SSSR count). The molecule has 2 aromatic rings. The van der Waals surface area contributed by atoms with Crippen molar-refractivity contribution in [1.82, 2.24) is 4.40 Å². The fourth-order valence-electron chi connectivity index (χ4n) is 1.53. The maximum atomic E-state index is 11.7. The van der Waals surface area contributed by atoms with Crippen LogP contribution in [0.15, 0.2) is 24.4 Å². The third kappa shape index (κ3) is 1.75. The summed E-state index contributed by atoms with van der Waals surface area (Å²) in [6.07, 6.45) is 1.89. The summed E-state index contributed by atoms with van der Waals surface area (Å²) in [5.41, 5.74) is 1.77. The van der Waals surface area contributed by atoms with E-state index in [1.54, 1.807) is 0 Å². The van der Waals surface area contributed by atoms with Crippen LogP contribution in [0.3, 0.4) is 0 Å². The van der Waals surface area contributed by atoms with Gasteiger partial charge in [0, 0.05) is 11.5 Å². The highest BCUT2D eigenvalue weighted by atomic mass is 31.0. The fraction of sp³-hybridized carbons (Fsp3) is 0.273. The molecule has 2 heterocycles. The normalized spacial score (nSPS) is 11.1. The lowest BCUT2D eigenvalue weighted by atomic mass is 10.4. The van der Waals surface area contributed by atoms with Gasteiger partial charge in [-0.1, -0.05) is 6.07 Å². The highest BCUT2D eigenvalue weighted by Gasteiger charge is 2.14. The van der Waals surface area contributed by atoms with Gasteiger partial charge < -0.3 is 9.14 Å². The van der Waals surface area contributed by atoms with Crippen molar-refractivity contribution in [3.05, 3.63) is 35.1 Å². The van der Waals surface area contributed by atoms with Crippen molar-refractivity contribution < 1.29 is 9.53 Å². The molecular formula is C11H12NO2P. The van der Waals surface area contributed by atoms with Gasteiger partial charge in [0.1, 0.15) is 0 Å². The Morgan fingerprint density at radius 3 is 3.07 bits per heavy atom. The van der Waals surface area contributed by atoms with Gasteiger partial charge in [-0.15, -0.1) is 0 Å². The van der Waals surface area contributed by atoms with Crippen LogP contribution in [0.4, 0.5) is 0 Å². The molecule has 3 nitrogen and oxygen atoms in total. The maximum absolute atomic E-state index is 11.7. The van der Waals surface area contributed by atoms with Crippen molar-refractivity contribution in [2.45, 2.75) is 13.8 Å². The Labute approximate surface area is 89.8 Å². The average Bonchev–Trinajstić information content (AvgIpc) is 2.58. The molecule has 0 fully saturated rings. The number of carbonyl (C=O) groups excluding carboxylic acids is 1. The van der Waals surface area contributed by atoms with Gasteiger partial charge in [0.2, 0.25) is 0 Å². The molecule has 0 amide bonds. The monoisotopic (exact) mass is 221 g/mol. The summed E-state index contributed by atoms with van der Waals surface area (Å²) in [7, 11) is 0.944. The van der Waals surface area contributed by atoms with Gasteiger partial charge in [-0.25, -0.2) is 4.79 Å². The van der Waals surface area contributed by atoms with E-state index >= 15 is 0 Å². The molecule has 4 heteroatoms. The molecule has 0 saturated carbocycles. The summed E-state index contributed by atoms with van der Waals surface area (Å²) >= 11 is 0. The summed E-state index contributed by atoms with van der Waals surface area (Å²) < 4.78 is 6.91. The van der Waals surface area contributed by atoms with Crippen LogP contribution < -0.4 is 0 Å². The summed E-state index contributed by atoms with van der Waals surface area (Å²) in [5, 5.41) is 1.18. The number of aromatic nitrogens is 1. The van der Waals surface area contributed by atoms with Crippen LogP contribution in [0.1, 0.15) is 22.4 Å². The predicted octanol–water partition coefficient (Wildman–Crippen LogP) is 3.00. The molecule has 0 N–H and O–H groups in total. The summed E-state index contributed by atoms with van der Waals surface area (Å²) in [5.74, 6) is -0.228. The highest BCUT2D eigenvalue weighted by Crippen LogP contribution is 2.27. The highest BCUT2D eigenvalue weighted by molar-refractivity contribution is 7.33. The van der Waals surface area contributed by atoms with E-state index in [4.69, 9.17) is 4.74 Å². The van der Waals surface area contributed by atoms with E-state index in [0.29, 0.717) is 12.0 Å². The zero-order valence-electron chi connectivity index (χ0n) is 8.73. The lowest BCUT2D eigenvalue weighted by Gasteiger charge is -2.01. The average molecular weight is 221 g/mol. The van der Waals surface area contributed by atoms with E-state index in [1.807, 2.05) is 42.6 Å². The zero-order valence-corrected chi connectivity index (χ0v) is 9.62. The Morgan fingerprint density at radius 2 is 2.33 bits per heavy atom. The Morgan fingerprint density at radius 1 is 1.53 bits per heavy atom. The van der Waals surface area contributed by atoms with Crippen molar-refractivity contribution in [3.8, 4) is 0 Å². The second-order valence-corrected chi connectivity index (χ2v) is 4.52. The third-order valence-corrected chi connectivity index (χ3v) is 3.36. The molecule has 0 spiro atoms. The van der Waals surface area contributed by atoms with E-state index in [9.17, 15) is 4.79 Å². The second kappa shape index (κ2) is 4.03. The Balaban J connectivity index is 2.57. The van der Waals surface area contributed by atoms with Crippen LogP contribution in [0.2, 0.25) is 0 Å². The number of hydrogen-bond acceptors (Lipinski definition) is 2. The number of rotatable bonds is 2. The maximum Gasteiger partial charge on any atom is 0.360 e. The first kappa shape index (κ1) is 10.2. The minimum Gasteiger partial charge on any atom is -0.461 e. The SMILES string of the molecule is CCOC(=O)c1pc(C)c2ccccn12. The number of aryl methyl sites for hydroxylation is 1. The molecule has 0 aliphatic rings. The van der Waals surface area contributed by atoms with Gasteiger partial charge in [0.25, 0.3) is 0 Å². The van der Waals surface area contributed by atoms with E-state index in [2.05, 4.69) is 0 Å². The Bertz CT molecular complexity index is 504. The minimum absolute atomic E-state index is 0.228. The van der Waals surface area contributed by atoms with Crippen LogP contribution >= 0.6 is 8.19 Å². The molecular weight excluding hydrogens is 209 g/mol. The molecule has 0 aliphatic carbocycles. The largest absolute Gasteiger partial charge is 0.461 e. The molecule has 2 aromatic heterocycles. The lowest BCUT2D eigenvalue weighted by Crippen LogP contribution is -2.06. The zero-order chi connectivity index (χ0) is 10.8. The molecule has 0 saturated heterocycles. The molecule has 0 bridgehead atoms. The van der Waals surface area contributed by atoms with Gasteiger partial charge in [-0.3, -0.25) is 0 Å². The van der Waals surface area contributed by atoms with Gasteiger partial charge in [-0.05, 0) is 34.2 Å². The van der Waals surface area contributed by atoms with Gasteiger partial charge >= 0.3 is 5.97 Å². The van der Waals surface area contributed by atoms with E-state index in [-0.39, 0.29) is 5.97 Å². The molecule has 0 radical (unpaired) electrons. The minimum atomic E-state index is -0.228. The Hall–Kier alpha value is -1.34. The fourth-order valence-corrected chi connectivity index (χ4v) is 2.58. The van der Waals surface area contributed by atoms with Crippen LogP contribution in [-0.2, 0) is 4.74 Å². The number of esters is 1. The van der Waals surface area contributed by atoms with E-state index < -0.39 is 0 Å². The van der Waals surface area contributed by atoms with Gasteiger partial charge in [0.15, 0.2) is 5.43 Å². The van der Waals surface area contributed by atoms with E-state index in [1.165, 1.54) is 5.30 Å². The predicted molar refractivity (Wildman–Crippen MR) is 60.6 cm³/mol. The van der Waals surface area contributed by atoms with Crippen LogP contribution in [-0.4, -0.2) is 17.0 Å². The molecule has 15 heavy (non-hydrogen) atoms. The number of nitrogens with zero attached hydrogens (tertiary/aromatic N) is 1. The summed E-state index contributed by atoms with van der Waals surface area (Å²) in [6, 6.07) is 5.89. The van der Waals surface area contributed by atoms with Crippen molar-refractivity contribution >= 4 is 19.7 Å². The van der Waals surface area contributed by atoms with E-state index in [0.717, 1.165) is 13.7 Å². The standard InChI is InChI=1S/C11H12NO2P/c1-3-14-11(13)10-12-7-5-4-6-9(12)8(2)15-10/h4-7H,3H2,1-2H3. The molecule has 78 valence electrons. The number of pyridine rings is 1. The van der Waals surface area contributed by atoms with Crippen molar-refractivity contribution in [2.24, 2.45) is 0 Å². The van der Waals surface area contributed by atoms with Crippen LogP contribution in [0.25, 0.3) is 5.52 Å².